The average Bonchev–Trinajstić information content (AvgIpc) is 3.37. The van der Waals surface area contributed by atoms with Crippen LogP contribution in [0.5, 0.6) is 5.75 Å². The second kappa shape index (κ2) is 11.2. The number of nitriles is 1. The van der Waals surface area contributed by atoms with Crippen LogP contribution < -0.4 is 4.74 Å². The minimum absolute atomic E-state index is 0.0889. The summed E-state index contributed by atoms with van der Waals surface area (Å²) in [4.78, 5) is 31.5. The molecule has 1 aliphatic rings. The van der Waals surface area contributed by atoms with Crippen LogP contribution in [0.25, 0.3) is 0 Å². The molecule has 1 saturated heterocycles. The number of carbonyl (C=O) groups excluding carboxylic acids is 1. The van der Waals surface area contributed by atoms with Crippen LogP contribution in [-0.4, -0.2) is 50.9 Å². The molecule has 1 atom stereocenters. The predicted molar refractivity (Wildman–Crippen MR) is 134 cm³/mol. The van der Waals surface area contributed by atoms with Gasteiger partial charge in [0.25, 0.3) is 0 Å². The number of carboxylic acids is 1. The molecule has 2 heterocycles. The number of likely N-dealkylation sites (tertiary alicyclic amines) is 1. The van der Waals surface area contributed by atoms with Crippen molar-refractivity contribution in [3.63, 3.8) is 0 Å². The lowest BCUT2D eigenvalue weighted by Gasteiger charge is -2.40. The maximum atomic E-state index is 13.4. The van der Waals surface area contributed by atoms with Gasteiger partial charge in [-0.1, -0.05) is 30.3 Å². The first-order chi connectivity index (χ1) is 18.5. The molecular formula is C28H27F3N4O4. The number of carboxylic acid groups (broad SMARTS) is 1. The van der Waals surface area contributed by atoms with Crippen LogP contribution in [-0.2, 0) is 22.6 Å². The van der Waals surface area contributed by atoms with Crippen molar-refractivity contribution in [2.75, 3.05) is 13.1 Å². The van der Waals surface area contributed by atoms with E-state index in [-0.39, 0.29) is 43.8 Å². The van der Waals surface area contributed by atoms with E-state index in [0.29, 0.717) is 17.8 Å². The van der Waals surface area contributed by atoms with Gasteiger partial charge < -0.3 is 19.3 Å². The Morgan fingerprint density at radius 2 is 1.82 bits per heavy atom. The minimum Gasteiger partial charge on any atom is -0.481 e. The van der Waals surface area contributed by atoms with Crippen LogP contribution in [0, 0.1) is 16.7 Å². The Morgan fingerprint density at radius 1 is 1.15 bits per heavy atom. The number of aromatic nitrogens is 2. The van der Waals surface area contributed by atoms with E-state index in [1.807, 2.05) is 16.7 Å². The van der Waals surface area contributed by atoms with Gasteiger partial charge >= 0.3 is 12.3 Å². The van der Waals surface area contributed by atoms with Gasteiger partial charge in [-0.3, -0.25) is 9.59 Å². The van der Waals surface area contributed by atoms with E-state index in [9.17, 15) is 27.9 Å². The molecule has 0 bridgehead atoms. The number of benzene rings is 2. The number of imidazole rings is 1. The first-order valence-corrected chi connectivity index (χ1v) is 12.4. The average molecular weight is 541 g/mol. The lowest BCUT2D eigenvalue weighted by Crippen LogP contribution is -2.48. The molecule has 1 aliphatic heterocycles. The van der Waals surface area contributed by atoms with Crippen molar-refractivity contribution in [1.82, 2.24) is 14.5 Å². The number of nitrogens with zero attached hydrogens (tertiary/aromatic N) is 4. The highest BCUT2D eigenvalue weighted by Crippen LogP contribution is 2.39. The van der Waals surface area contributed by atoms with E-state index in [2.05, 4.69) is 15.8 Å². The molecule has 1 fully saturated rings. The van der Waals surface area contributed by atoms with Crippen LogP contribution >= 0.6 is 0 Å². The van der Waals surface area contributed by atoms with E-state index in [0.717, 1.165) is 5.56 Å². The molecule has 3 aromatic rings. The standard InChI is InChI=1S/C28H27F3N4O4/c1-19(23-16-33-18-35(23)17-21-8-6-20(15-32)7-9-21)25(36)34-12-10-27(11-13-34,26(37)38)14-22-4-2-3-5-24(22)39-28(29,30)31/h2-9,16,18-19H,10-14,17H2,1H3,(H,37,38). The summed E-state index contributed by atoms with van der Waals surface area (Å²) in [6.07, 6.45) is -1.62. The van der Waals surface area contributed by atoms with Gasteiger partial charge in [-0.15, -0.1) is 13.2 Å². The molecule has 0 spiro atoms. The molecule has 0 radical (unpaired) electrons. The smallest absolute Gasteiger partial charge is 0.481 e. The number of aliphatic carboxylic acids is 1. The summed E-state index contributed by atoms with van der Waals surface area (Å²) in [6.45, 7) is 2.53. The second-order valence-electron chi connectivity index (χ2n) is 9.72. The van der Waals surface area contributed by atoms with Crippen molar-refractivity contribution in [2.45, 2.75) is 45.0 Å². The first kappa shape index (κ1) is 27.7. The number of halogens is 3. The molecule has 2 aromatic carbocycles. The van der Waals surface area contributed by atoms with E-state index >= 15 is 0 Å². The van der Waals surface area contributed by atoms with Gasteiger partial charge in [0.15, 0.2) is 0 Å². The van der Waals surface area contributed by atoms with Gasteiger partial charge in [0.05, 0.1) is 29.3 Å². The fourth-order valence-corrected chi connectivity index (χ4v) is 4.97. The normalized spacial score (nSPS) is 15.8. The lowest BCUT2D eigenvalue weighted by atomic mass is 9.73. The molecule has 204 valence electrons. The highest BCUT2D eigenvalue weighted by molar-refractivity contribution is 5.83. The highest BCUT2D eigenvalue weighted by atomic mass is 19.4. The first-order valence-electron chi connectivity index (χ1n) is 12.4. The molecule has 1 unspecified atom stereocenters. The Bertz CT molecular complexity index is 1370. The van der Waals surface area contributed by atoms with E-state index in [1.165, 1.54) is 24.3 Å². The monoisotopic (exact) mass is 540 g/mol. The maximum Gasteiger partial charge on any atom is 0.573 e. The lowest BCUT2D eigenvalue weighted by molar-refractivity contribution is -0.275. The molecule has 1 aromatic heterocycles. The third-order valence-corrected chi connectivity index (χ3v) is 7.21. The number of carbonyl (C=O) groups is 2. The quantitative estimate of drug-likeness (QED) is 0.442. The Balaban J connectivity index is 1.45. The number of hydrogen-bond acceptors (Lipinski definition) is 5. The van der Waals surface area contributed by atoms with Crippen LogP contribution in [0.2, 0.25) is 0 Å². The van der Waals surface area contributed by atoms with Gasteiger partial charge in [-0.2, -0.15) is 5.26 Å². The number of piperidine rings is 1. The molecule has 39 heavy (non-hydrogen) atoms. The van der Waals surface area contributed by atoms with Gasteiger partial charge in [-0.05, 0) is 55.5 Å². The van der Waals surface area contributed by atoms with E-state index in [1.54, 1.807) is 36.5 Å². The summed E-state index contributed by atoms with van der Waals surface area (Å²) in [6, 6.07) is 14.7. The van der Waals surface area contributed by atoms with Crippen molar-refractivity contribution in [1.29, 1.82) is 5.26 Å². The summed E-state index contributed by atoms with van der Waals surface area (Å²) < 4.78 is 44.6. The molecule has 0 aliphatic carbocycles. The molecule has 4 rings (SSSR count). The summed E-state index contributed by atoms with van der Waals surface area (Å²) in [5, 5.41) is 19.1. The Morgan fingerprint density at radius 3 is 2.44 bits per heavy atom. The largest absolute Gasteiger partial charge is 0.573 e. The molecule has 8 nitrogen and oxygen atoms in total. The zero-order valence-corrected chi connectivity index (χ0v) is 21.2. The van der Waals surface area contributed by atoms with Crippen molar-refractivity contribution in [3.05, 3.63) is 83.4 Å². The van der Waals surface area contributed by atoms with Gasteiger partial charge in [0.2, 0.25) is 5.91 Å². The summed E-state index contributed by atoms with van der Waals surface area (Å²) in [5.41, 5.74) is 0.997. The van der Waals surface area contributed by atoms with Gasteiger partial charge in [-0.25, -0.2) is 4.98 Å². The Labute approximate surface area is 223 Å². The summed E-state index contributed by atoms with van der Waals surface area (Å²) >= 11 is 0. The number of ether oxygens (including phenoxy) is 1. The Hall–Kier alpha value is -4.33. The predicted octanol–water partition coefficient (Wildman–Crippen LogP) is 4.74. The zero-order valence-electron chi connectivity index (χ0n) is 21.2. The van der Waals surface area contributed by atoms with Gasteiger partial charge in [0.1, 0.15) is 5.75 Å². The highest BCUT2D eigenvalue weighted by Gasteiger charge is 2.44. The third-order valence-electron chi connectivity index (χ3n) is 7.21. The molecule has 1 amide bonds. The van der Waals surface area contributed by atoms with Gasteiger partial charge in [0, 0.05) is 31.5 Å². The SMILES string of the molecule is CC(C(=O)N1CCC(Cc2ccccc2OC(F)(F)F)(C(=O)O)CC1)c1cncn1Cc1ccc(C#N)cc1. The zero-order chi connectivity index (χ0) is 28.2. The third kappa shape index (κ3) is 6.39. The van der Waals surface area contributed by atoms with Crippen LogP contribution in [0.15, 0.2) is 61.1 Å². The fourth-order valence-electron chi connectivity index (χ4n) is 4.97. The minimum atomic E-state index is -4.90. The number of hydrogen-bond donors (Lipinski definition) is 1. The molecule has 1 N–H and O–H groups in total. The number of amides is 1. The Kier molecular flexibility index (Phi) is 7.95. The molecule has 0 saturated carbocycles. The molecule has 11 heteroatoms. The van der Waals surface area contributed by atoms with Crippen LogP contribution in [0.4, 0.5) is 13.2 Å². The maximum absolute atomic E-state index is 13.4. The van der Waals surface area contributed by atoms with Crippen molar-refractivity contribution in [3.8, 4) is 11.8 Å². The summed E-state index contributed by atoms with van der Waals surface area (Å²) in [5.74, 6) is -2.28. The van der Waals surface area contributed by atoms with Crippen LogP contribution in [0.1, 0.15) is 48.1 Å². The number of rotatable bonds is 8. The summed E-state index contributed by atoms with van der Waals surface area (Å²) in [7, 11) is 0. The number of alkyl halides is 3. The topological polar surface area (TPSA) is 108 Å². The van der Waals surface area contributed by atoms with Crippen LogP contribution in [0.3, 0.4) is 0 Å². The van der Waals surface area contributed by atoms with E-state index < -0.39 is 29.4 Å². The number of para-hydroxylation sites is 1. The van der Waals surface area contributed by atoms with Crippen molar-refractivity contribution in [2.24, 2.45) is 5.41 Å². The van der Waals surface area contributed by atoms with Crippen molar-refractivity contribution < 1.29 is 32.6 Å². The van der Waals surface area contributed by atoms with Crippen molar-refractivity contribution >= 4 is 11.9 Å². The molecular weight excluding hydrogens is 513 g/mol. The second-order valence-corrected chi connectivity index (χ2v) is 9.72. The van der Waals surface area contributed by atoms with E-state index in [4.69, 9.17) is 5.26 Å². The fraction of sp³-hybridized carbons (Fsp3) is 0.357.